The van der Waals surface area contributed by atoms with Crippen LogP contribution in [0.4, 0.5) is 17.3 Å². The van der Waals surface area contributed by atoms with Gasteiger partial charge in [-0.25, -0.2) is 4.98 Å². The predicted molar refractivity (Wildman–Crippen MR) is 69.2 cm³/mol. The fourth-order valence-electron chi connectivity index (χ4n) is 1.55. The normalized spacial score (nSPS) is 9.95. The number of H-pyrrole nitrogens is 1. The molecule has 0 aliphatic carbocycles. The molecule has 2 aromatic rings. The molecule has 1 heterocycles. The number of aromatic amines is 1. The lowest BCUT2D eigenvalue weighted by Gasteiger charge is -2.05. The van der Waals surface area contributed by atoms with Gasteiger partial charge < -0.3 is 10.3 Å². The molecule has 8 nitrogen and oxygen atoms in total. The minimum absolute atomic E-state index is 0.158. The molecule has 0 atom stereocenters. The Labute approximate surface area is 108 Å². The van der Waals surface area contributed by atoms with E-state index in [2.05, 4.69) is 20.6 Å². The molecule has 1 amide bonds. The Morgan fingerprint density at radius 3 is 2.84 bits per heavy atom. The highest BCUT2D eigenvalue weighted by molar-refractivity contribution is 6.04. The molecule has 0 aliphatic rings. The number of imidazole rings is 1. The zero-order valence-electron chi connectivity index (χ0n) is 10.0. The van der Waals surface area contributed by atoms with Crippen LogP contribution in [0.25, 0.3) is 0 Å². The van der Waals surface area contributed by atoms with Crippen molar-refractivity contribution in [2.45, 2.75) is 0 Å². The third kappa shape index (κ3) is 2.68. The second kappa shape index (κ2) is 5.17. The number of nitrogens with zero attached hydrogens (tertiary/aromatic N) is 2. The van der Waals surface area contributed by atoms with Crippen molar-refractivity contribution in [1.82, 2.24) is 9.97 Å². The Morgan fingerprint density at radius 2 is 2.26 bits per heavy atom. The van der Waals surface area contributed by atoms with Crippen molar-refractivity contribution >= 4 is 23.2 Å². The van der Waals surface area contributed by atoms with Crippen molar-refractivity contribution in [2.75, 3.05) is 17.7 Å². The van der Waals surface area contributed by atoms with E-state index < -0.39 is 10.8 Å². The molecule has 0 saturated heterocycles. The summed E-state index contributed by atoms with van der Waals surface area (Å²) < 4.78 is 0. The molecule has 8 heteroatoms. The number of nitro benzene ring substituents is 1. The third-order valence-electron chi connectivity index (χ3n) is 2.46. The average Bonchev–Trinajstić information content (AvgIpc) is 2.90. The van der Waals surface area contributed by atoms with Gasteiger partial charge in [-0.2, -0.15) is 0 Å². The highest BCUT2D eigenvalue weighted by Crippen LogP contribution is 2.25. The minimum Gasteiger partial charge on any atom is -0.383 e. The van der Waals surface area contributed by atoms with Crippen molar-refractivity contribution in [3.63, 3.8) is 0 Å². The smallest absolute Gasteiger partial charge is 0.293 e. The number of carbonyl (C=O) groups is 1. The molecular weight excluding hydrogens is 250 g/mol. The fourth-order valence-corrected chi connectivity index (χ4v) is 1.55. The summed E-state index contributed by atoms with van der Waals surface area (Å²) in [6.07, 6.45) is 3.05. The summed E-state index contributed by atoms with van der Waals surface area (Å²) in [7, 11) is 1.57. The lowest BCUT2D eigenvalue weighted by atomic mass is 10.1. The summed E-state index contributed by atoms with van der Waals surface area (Å²) >= 11 is 0. The molecule has 0 saturated carbocycles. The van der Waals surface area contributed by atoms with E-state index in [1.54, 1.807) is 13.2 Å². The first-order chi connectivity index (χ1) is 9.11. The molecule has 98 valence electrons. The Bertz CT molecular complexity index is 609. The summed E-state index contributed by atoms with van der Waals surface area (Å²) in [5.41, 5.74) is 0.372. The molecule has 0 aliphatic heterocycles. The first-order valence-electron chi connectivity index (χ1n) is 5.38. The van der Waals surface area contributed by atoms with Crippen LogP contribution in [0.15, 0.2) is 30.6 Å². The summed E-state index contributed by atoms with van der Waals surface area (Å²) in [5.74, 6) is -0.189. The maximum atomic E-state index is 11.9. The fraction of sp³-hybridized carbons (Fsp3) is 0.0909. The van der Waals surface area contributed by atoms with Gasteiger partial charge in [0.05, 0.1) is 4.92 Å². The minimum atomic E-state index is -0.546. The van der Waals surface area contributed by atoms with Gasteiger partial charge in [0, 0.05) is 31.1 Å². The zero-order chi connectivity index (χ0) is 13.8. The standard InChI is InChI=1S/C11H11N5O3/c1-12-8-3-2-7(6-9(8)16(18)19)10(17)15-11-13-4-5-14-11/h2-6,12H,1H3,(H2,13,14,15,17). The van der Waals surface area contributed by atoms with E-state index in [0.29, 0.717) is 5.69 Å². The number of hydrogen-bond acceptors (Lipinski definition) is 5. The number of hydrogen-bond donors (Lipinski definition) is 3. The molecule has 1 aromatic carbocycles. The molecule has 0 spiro atoms. The number of rotatable bonds is 4. The van der Waals surface area contributed by atoms with Gasteiger partial charge in [-0.1, -0.05) is 0 Å². The second-order valence-corrected chi connectivity index (χ2v) is 3.63. The average molecular weight is 261 g/mol. The van der Waals surface area contributed by atoms with Gasteiger partial charge in [0.1, 0.15) is 5.69 Å². The second-order valence-electron chi connectivity index (χ2n) is 3.63. The molecular formula is C11H11N5O3. The number of anilines is 2. The van der Waals surface area contributed by atoms with Gasteiger partial charge >= 0.3 is 0 Å². The highest BCUT2D eigenvalue weighted by Gasteiger charge is 2.17. The van der Waals surface area contributed by atoms with Crippen LogP contribution >= 0.6 is 0 Å². The van der Waals surface area contributed by atoms with E-state index in [1.807, 2.05) is 0 Å². The van der Waals surface area contributed by atoms with E-state index in [9.17, 15) is 14.9 Å². The third-order valence-corrected chi connectivity index (χ3v) is 2.46. The summed E-state index contributed by atoms with van der Waals surface area (Å²) in [5, 5.41) is 16.1. The van der Waals surface area contributed by atoms with Crippen LogP contribution < -0.4 is 10.6 Å². The highest BCUT2D eigenvalue weighted by atomic mass is 16.6. The van der Waals surface area contributed by atoms with Gasteiger partial charge in [-0.05, 0) is 12.1 Å². The largest absolute Gasteiger partial charge is 0.383 e. The van der Waals surface area contributed by atoms with E-state index in [0.717, 1.165) is 0 Å². The molecule has 0 unspecified atom stereocenters. The van der Waals surface area contributed by atoms with Crippen molar-refractivity contribution in [2.24, 2.45) is 0 Å². The number of benzene rings is 1. The zero-order valence-corrected chi connectivity index (χ0v) is 10.0. The Balaban J connectivity index is 2.27. The molecule has 0 radical (unpaired) electrons. The number of nitro groups is 1. The van der Waals surface area contributed by atoms with Gasteiger partial charge in [0.2, 0.25) is 5.95 Å². The molecule has 3 N–H and O–H groups in total. The lowest BCUT2D eigenvalue weighted by molar-refractivity contribution is -0.384. The maximum Gasteiger partial charge on any atom is 0.293 e. The molecule has 1 aromatic heterocycles. The number of aromatic nitrogens is 2. The van der Waals surface area contributed by atoms with Crippen LogP contribution in [0.1, 0.15) is 10.4 Å². The first kappa shape index (κ1) is 12.6. The summed E-state index contributed by atoms with van der Waals surface area (Å²) in [4.78, 5) is 28.8. The quantitative estimate of drug-likeness (QED) is 0.571. The van der Waals surface area contributed by atoms with Crippen molar-refractivity contribution in [1.29, 1.82) is 0 Å². The maximum absolute atomic E-state index is 11.9. The topological polar surface area (TPSA) is 113 Å². The van der Waals surface area contributed by atoms with Gasteiger partial charge in [0.25, 0.3) is 11.6 Å². The Hall–Kier alpha value is -2.90. The molecule has 19 heavy (non-hydrogen) atoms. The van der Waals surface area contributed by atoms with Crippen LogP contribution in [0.5, 0.6) is 0 Å². The Kier molecular flexibility index (Phi) is 3.42. The number of amides is 1. The monoisotopic (exact) mass is 261 g/mol. The van der Waals surface area contributed by atoms with E-state index in [1.165, 1.54) is 24.4 Å². The number of carbonyl (C=O) groups excluding carboxylic acids is 1. The molecule has 0 bridgehead atoms. The van der Waals surface area contributed by atoms with Crippen molar-refractivity contribution < 1.29 is 9.72 Å². The van der Waals surface area contributed by atoms with Crippen LogP contribution in [-0.4, -0.2) is 27.8 Å². The lowest BCUT2D eigenvalue weighted by Crippen LogP contribution is -2.13. The van der Waals surface area contributed by atoms with E-state index in [-0.39, 0.29) is 17.2 Å². The number of nitrogens with one attached hydrogen (secondary N) is 3. The summed E-state index contributed by atoms with van der Waals surface area (Å²) in [6.45, 7) is 0. The van der Waals surface area contributed by atoms with E-state index >= 15 is 0 Å². The Morgan fingerprint density at radius 1 is 1.47 bits per heavy atom. The van der Waals surface area contributed by atoms with Crippen molar-refractivity contribution in [3.8, 4) is 0 Å². The van der Waals surface area contributed by atoms with Crippen LogP contribution in [-0.2, 0) is 0 Å². The van der Waals surface area contributed by atoms with Crippen LogP contribution in [0, 0.1) is 10.1 Å². The van der Waals surface area contributed by atoms with Crippen LogP contribution in [0.2, 0.25) is 0 Å². The molecule has 0 fully saturated rings. The van der Waals surface area contributed by atoms with E-state index in [4.69, 9.17) is 0 Å². The molecule has 2 rings (SSSR count). The van der Waals surface area contributed by atoms with Gasteiger partial charge in [-0.3, -0.25) is 20.2 Å². The van der Waals surface area contributed by atoms with Crippen molar-refractivity contribution in [3.05, 3.63) is 46.3 Å². The van der Waals surface area contributed by atoms with Crippen LogP contribution in [0.3, 0.4) is 0 Å². The summed E-state index contributed by atoms with van der Waals surface area (Å²) in [6, 6.07) is 4.19. The van der Waals surface area contributed by atoms with Gasteiger partial charge in [0.15, 0.2) is 0 Å². The SMILES string of the molecule is CNc1ccc(C(=O)Nc2ncc[nH]2)cc1[N+](=O)[O-]. The predicted octanol–water partition coefficient (Wildman–Crippen LogP) is 1.61. The first-order valence-corrected chi connectivity index (χ1v) is 5.38. The van der Waals surface area contributed by atoms with Gasteiger partial charge in [-0.15, -0.1) is 0 Å².